The molecule has 0 aliphatic rings. The maximum absolute atomic E-state index is 12.4. The van der Waals surface area contributed by atoms with Gasteiger partial charge in [-0.1, -0.05) is 32.4 Å². The Morgan fingerprint density at radius 1 is 1.37 bits per heavy atom. The van der Waals surface area contributed by atoms with Gasteiger partial charge in [-0.25, -0.2) is 17.5 Å². The smallest absolute Gasteiger partial charge is 0.337 e. The molecule has 1 atom stereocenters. The van der Waals surface area contributed by atoms with Crippen molar-refractivity contribution in [1.82, 2.24) is 4.31 Å². The molecular weight excluding hydrogens is 266 g/mol. The van der Waals surface area contributed by atoms with Crippen LogP contribution in [0.3, 0.4) is 0 Å². The number of carboxylic acid groups (broad SMARTS) is 1. The third-order valence-electron chi connectivity index (χ3n) is 3.07. The number of rotatable bonds is 6. The van der Waals surface area contributed by atoms with Crippen LogP contribution in [0.1, 0.15) is 30.6 Å². The maximum Gasteiger partial charge on any atom is 0.337 e. The van der Waals surface area contributed by atoms with Crippen molar-refractivity contribution in [2.45, 2.75) is 25.2 Å². The molecule has 6 heteroatoms. The van der Waals surface area contributed by atoms with Crippen LogP contribution in [0.25, 0.3) is 0 Å². The summed E-state index contributed by atoms with van der Waals surface area (Å²) in [5.74, 6) is -1.02. The summed E-state index contributed by atoms with van der Waals surface area (Å²) >= 11 is 0. The predicted molar refractivity (Wildman–Crippen MR) is 72.7 cm³/mol. The summed E-state index contributed by atoms with van der Waals surface area (Å²) < 4.78 is 26.0. The maximum atomic E-state index is 12.4. The van der Waals surface area contributed by atoms with Crippen molar-refractivity contribution in [2.75, 3.05) is 13.6 Å². The van der Waals surface area contributed by atoms with Gasteiger partial charge in [-0.05, 0) is 18.1 Å². The van der Waals surface area contributed by atoms with Crippen LogP contribution in [0.5, 0.6) is 0 Å². The number of nitrogens with zero attached hydrogens (tertiary/aromatic N) is 1. The van der Waals surface area contributed by atoms with Gasteiger partial charge in [0.15, 0.2) is 0 Å². The second kappa shape index (κ2) is 6.16. The van der Waals surface area contributed by atoms with Gasteiger partial charge in [-0.15, -0.1) is 0 Å². The molecule has 0 spiro atoms. The van der Waals surface area contributed by atoms with Crippen molar-refractivity contribution in [2.24, 2.45) is 5.92 Å². The van der Waals surface area contributed by atoms with E-state index in [0.717, 1.165) is 6.42 Å². The molecule has 106 valence electrons. The van der Waals surface area contributed by atoms with Gasteiger partial charge in [0.25, 0.3) is 0 Å². The zero-order valence-corrected chi connectivity index (χ0v) is 12.1. The quantitative estimate of drug-likeness (QED) is 0.868. The Morgan fingerprint density at radius 3 is 2.47 bits per heavy atom. The SMILES string of the molecule is CCC(C)CN(C)S(=O)(=O)c1ccccc1C(=O)O. The zero-order chi connectivity index (χ0) is 14.6. The summed E-state index contributed by atoms with van der Waals surface area (Å²) in [5.41, 5.74) is -0.196. The Bertz CT molecular complexity index is 554. The number of hydrogen-bond donors (Lipinski definition) is 1. The van der Waals surface area contributed by atoms with Crippen LogP contribution in [0.2, 0.25) is 0 Å². The number of hydrogen-bond acceptors (Lipinski definition) is 3. The highest BCUT2D eigenvalue weighted by atomic mass is 32.2. The van der Waals surface area contributed by atoms with Gasteiger partial charge in [0.2, 0.25) is 10.0 Å². The molecule has 0 heterocycles. The van der Waals surface area contributed by atoms with Gasteiger partial charge in [0, 0.05) is 13.6 Å². The molecule has 1 aromatic rings. The first-order valence-corrected chi connectivity index (χ1v) is 7.53. The van der Waals surface area contributed by atoms with E-state index < -0.39 is 16.0 Å². The van der Waals surface area contributed by atoms with E-state index in [1.807, 2.05) is 13.8 Å². The van der Waals surface area contributed by atoms with Crippen LogP contribution < -0.4 is 0 Å². The molecule has 0 saturated heterocycles. The fourth-order valence-electron chi connectivity index (χ4n) is 1.70. The monoisotopic (exact) mass is 285 g/mol. The molecule has 5 nitrogen and oxygen atoms in total. The Kier molecular flexibility index (Phi) is 5.08. The van der Waals surface area contributed by atoms with Crippen molar-refractivity contribution in [1.29, 1.82) is 0 Å². The van der Waals surface area contributed by atoms with Gasteiger partial charge in [0.05, 0.1) is 10.5 Å². The molecule has 1 unspecified atom stereocenters. The van der Waals surface area contributed by atoms with E-state index in [1.165, 1.54) is 35.6 Å². The minimum Gasteiger partial charge on any atom is -0.478 e. The van der Waals surface area contributed by atoms with E-state index in [2.05, 4.69) is 0 Å². The van der Waals surface area contributed by atoms with Crippen LogP contribution in [0.15, 0.2) is 29.2 Å². The number of carbonyl (C=O) groups is 1. The summed E-state index contributed by atoms with van der Waals surface area (Å²) in [6.07, 6.45) is 0.862. The predicted octanol–water partition coefficient (Wildman–Crippen LogP) is 2.05. The lowest BCUT2D eigenvalue weighted by molar-refractivity contribution is 0.0692. The van der Waals surface area contributed by atoms with Gasteiger partial charge in [-0.2, -0.15) is 0 Å². The summed E-state index contributed by atoms with van der Waals surface area (Å²) in [5, 5.41) is 9.06. The average Bonchev–Trinajstić information content (AvgIpc) is 2.38. The van der Waals surface area contributed by atoms with E-state index >= 15 is 0 Å². The normalized spacial score (nSPS) is 13.5. The van der Waals surface area contributed by atoms with Gasteiger partial charge < -0.3 is 5.11 Å². The lowest BCUT2D eigenvalue weighted by Crippen LogP contribution is -2.32. The Labute approximate surface area is 113 Å². The molecule has 0 aromatic heterocycles. The fourth-order valence-corrected chi connectivity index (χ4v) is 3.17. The second-order valence-electron chi connectivity index (χ2n) is 4.60. The lowest BCUT2D eigenvalue weighted by atomic mass is 10.1. The minimum absolute atomic E-state index is 0.159. The molecule has 1 aromatic carbocycles. The van der Waals surface area contributed by atoms with Gasteiger partial charge in [-0.3, -0.25) is 0 Å². The minimum atomic E-state index is -3.77. The van der Waals surface area contributed by atoms with Crippen LogP contribution in [-0.4, -0.2) is 37.4 Å². The Hall–Kier alpha value is -1.40. The lowest BCUT2D eigenvalue weighted by Gasteiger charge is -2.21. The highest BCUT2D eigenvalue weighted by molar-refractivity contribution is 7.89. The average molecular weight is 285 g/mol. The van der Waals surface area contributed by atoms with Crippen molar-refractivity contribution < 1.29 is 18.3 Å². The number of benzene rings is 1. The largest absolute Gasteiger partial charge is 0.478 e. The summed E-state index contributed by atoms with van der Waals surface area (Å²) in [4.78, 5) is 10.9. The topological polar surface area (TPSA) is 74.7 Å². The summed E-state index contributed by atoms with van der Waals surface area (Å²) in [7, 11) is -2.29. The first-order chi connectivity index (χ1) is 8.80. The van der Waals surface area contributed by atoms with Crippen molar-refractivity contribution >= 4 is 16.0 Å². The highest BCUT2D eigenvalue weighted by Gasteiger charge is 2.26. The van der Waals surface area contributed by atoms with Gasteiger partial charge in [0.1, 0.15) is 0 Å². The van der Waals surface area contributed by atoms with Crippen LogP contribution in [0, 0.1) is 5.92 Å². The summed E-state index contributed by atoms with van der Waals surface area (Å²) in [6.45, 7) is 4.30. The number of carboxylic acids is 1. The third kappa shape index (κ3) is 3.54. The van der Waals surface area contributed by atoms with E-state index in [1.54, 1.807) is 0 Å². The van der Waals surface area contributed by atoms with Gasteiger partial charge >= 0.3 is 5.97 Å². The first-order valence-electron chi connectivity index (χ1n) is 6.09. The fraction of sp³-hybridized carbons (Fsp3) is 0.462. The highest BCUT2D eigenvalue weighted by Crippen LogP contribution is 2.20. The van der Waals surface area contributed by atoms with Crippen molar-refractivity contribution in [3.05, 3.63) is 29.8 Å². The van der Waals surface area contributed by atoms with E-state index in [4.69, 9.17) is 5.11 Å². The van der Waals surface area contributed by atoms with Crippen molar-refractivity contribution in [3.63, 3.8) is 0 Å². The standard InChI is InChI=1S/C13H19NO4S/c1-4-10(2)9-14(3)19(17,18)12-8-6-5-7-11(12)13(15)16/h5-8,10H,4,9H2,1-3H3,(H,15,16). The molecule has 19 heavy (non-hydrogen) atoms. The molecule has 0 radical (unpaired) electrons. The van der Waals surface area contributed by atoms with Crippen LogP contribution in [-0.2, 0) is 10.0 Å². The summed E-state index contributed by atoms with van der Waals surface area (Å²) in [6, 6.07) is 5.66. The van der Waals surface area contributed by atoms with E-state index in [9.17, 15) is 13.2 Å². The second-order valence-corrected chi connectivity index (χ2v) is 6.61. The third-order valence-corrected chi connectivity index (χ3v) is 4.95. The molecule has 0 saturated carbocycles. The molecule has 0 aliphatic heterocycles. The zero-order valence-electron chi connectivity index (χ0n) is 11.3. The van der Waals surface area contributed by atoms with E-state index in [-0.39, 0.29) is 16.4 Å². The van der Waals surface area contributed by atoms with Crippen LogP contribution >= 0.6 is 0 Å². The molecule has 1 rings (SSSR count). The Morgan fingerprint density at radius 2 is 1.95 bits per heavy atom. The molecule has 0 aliphatic carbocycles. The number of sulfonamides is 1. The molecule has 1 N–H and O–H groups in total. The van der Waals surface area contributed by atoms with Crippen LogP contribution in [0.4, 0.5) is 0 Å². The number of aromatic carboxylic acids is 1. The van der Waals surface area contributed by atoms with Crippen molar-refractivity contribution in [3.8, 4) is 0 Å². The Balaban J connectivity index is 3.17. The molecular formula is C13H19NO4S. The van der Waals surface area contributed by atoms with E-state index in [0.29, 0.717) is 6.54 Å². The molecule has 0 amide bonds. The molecule has 0 bridgehead atoms. The first kappa shape index (κ1) is 15.7. The molecule has 0 fully saturated rings.